The van der Waals surface area contributed by atoms with Gasteiger partial charge in [-0.05, 0) is 24.6 Å². The second-order valence-corrected chi connectivity index (χ2v) is 5.08. The van der Waals surface area contributed by atoms with Crippen LogP contribution >= 0.6 is 0 Å². The SMILES string of the molecule is CC(O)(CNC(=O)c1cc(F)c(F)c(F)c1)c1ccccc1. The van der Waals surface area contributed by atoms with Crippen LogP contribution in [0.5, 0.6) is 0 Å². The Balaban J connectivity index is 2.10. The molecule has 0 saturated carbocycles. The molecule has 2 rings (SSSR count). The van der Waals surface area contributed by atoms with E-state index in [0.29, 0.717) is 17.7 Å². The lowest BCUT2D eigenvalue weighted by molar-refractivity contribution is 0.0526. The minimum atomic E-state index is -1.63. The minimum absolute atomic E-state index is 0.170. The fraction of sp³-hybridized carbons (Fsp3) is 0.188. The minimum Gasteiger partial charge on any atom is -0.384 e. The van der Waals surface area contributed by atoms with Crippen LogP contribution in [-0.2, 0) is 5.60 Å². The summed E-state index contributed by atoms with van der Waals surface area (Å²) in [4.78, 5) is 11.9. The predicted octanol–water partition coefficient (Wildman–Crippen LogP) is 2.74. The number of hydrogen-bond acceptors (Lipinski definition) is 2. The van der Waals surface area contributed by atoms with Gasteiger partial charge in [0.1, 0.15) is 5.60 Å². The highest BCUT2D eigenvalue weighted by Gasteiger charge is 2.24. The van der Waals surface area contributed by atoms with E-state index in [1.54, 1.807) is 30.3 Å². The Morgan fingerprint density at radius 3 is 2.23 bits per heavy atom. The van der Waals surface area contributed by atoms with Crippen molar-refractivity contribution in [2.24, 2.45) is 0 Å². The van der Waals surface area contributed by atoms with Crippen LogP contribution in [-0.4, -0.2) is 17.6 Å². The summed E-state index contributed by atoms with van der Waals surface area (Å²) in [5.74, 6) is -5.33. The van der Waals surface area contributed by atoms with Crippen molar-refractivity contribution in [2.45, 2.75) is 12.5 Å². The van der Waals surface area contributed by atoms with Gasteiger partial charge in [-0.2, -0.15) is 0 Å². The number of halogens is 3. The van der Waals surface area contributed by atoms with E-state index >= 15 is 0 Å². The van der Waals surface area contributed by atoms with Crippen molar-refractivity contribution >= 4 is 5.91 Å². The molecular weight excluding hydrogens is 295 g/mol. The summed E-state index contributed by atoms with van der Waals surface area (Å²) in [5.41, 5.74) is -1.14. The van der Waals surface area contributed by atoms with Crippen molar-refractivity contribution in [2.75, 3.05) is 6.54 Å². The molecule has 0 aromatic heterocycles. The molecule has 2 aromatic rings. The van der Waals surface area contributed by atoms with E-state index in [-0.39, 0.29) is 12.1 Å². The fourth-order valence-electron chi connectivity index (χ4n) is 1.94. The summed E-state index contributed by atoms with van der Waals surface area (Å²) in [6, 6.07) is 9.82. The molecule has 0 fully saturated rings. The molecule has 1 unspecified atom stereocenters. The molecule has 0 spiro atoms. The first-order valence-electron chi connectivity index (χ1n) is 6.52. The van der Waals surface area contributed by atoms with Gasteiger partial charge in [-0.25, -0.2) is 13.2 Å². The van der Waals surface area contributed by atoms with Gasteiger partial charge in [0, 0.05) is 5.56 Å². The monoisotopic (exact) mass is 309 g/mol. The number of benzene rings is 2. The van der Waals surface area contributed by atoms with Gasteiger partial charge in [0.05, 0.1) is 6.54 Å². The van der Waals surface area contributed by atoms with Gasteiger partial charge in [0.15, 0.2) is 17.5 Å². The number of nitrogens with one attached hydrogen (secondary N) is 1. The first-order valence-corrected chi connectivity index (χ1v) is 6.52. The molecule has 22 heavy (non-hydrogen) atoms. The highest BCUT2D eigenvalue weighted by atomic mass is 19.2. The zero-order chi connectivity index (χ0) is 16.3. The number of amides is 1. The van der Waals surface area contributed by atoms with Crippen LogP contribution in [0.15, 0.2) is 42.5 Å². The third kappa shape index (κ3) is 3.46. The smallest absolute Gasteiger partial charge is 0.251 e. The van der Waals surface area contributed by atoms with Gasteiger partial charge in [-0.15, -0.1) is 0 Å². The number of aliphatic hydroxyl groups is 1. The molecular formula is C16H14F3NO2. The molecule has 6 heteroatoms. The van der Waals surface area contributed by atoms with Gasteiger partial charge in [-0.3, -0.25) is 4.79 Å². The Kier molecular flexibility index (Phi) is 4.51. The van der Waals surface area contributed by atoms with Crippen LogP contribution < -0.4 is 5.32 Å². The van der Waals surface area contributed by atoms with E-state index in [1.807, 2.05) is 0 Å². The van der Waals surface area contributed by atoms with E-state index in [9.17, 15) is 23.1 Å². The topological polar surface area (TPSA) is 49.3 Å². The molecule has 0 heterocycles. The lowest BCUT2D eigenvalue weighted by Gasteiger charge is -2.24. The van der Waals surface area contributed by atoms with Crippen molar-refractivity contribution in [3.05, 3.63) is 71.0 Å². The molecule has 0 bridgehead atoms. The fourth-order valence-corrected chi connectivity index (χ4v) is 1.94. The molecule has 1 amide bonds. The van der Waals surface area contributed by atoms with E-state index in [1.165, 1.54) is 6.92 Å². The van der Waals surface area contributed by atoms with E-state index < -0.39 is 29.0 Å². The quantitative estimate of drug-likeness (QED) is 0.853. The molecule has 1 atom stereocenters. The number of hydrogen-bond donors (Lipinski definition) is 2. The van der Waals surface area contributed by atoms with Crippen LogP contribution in [0.25, 0.3) is 0 Å². The number of carbonyl (C=O) groups is 1. The van der Waals surface area contributed by atoms with Crippen molar-refractivity contribution in [1.29, 1.82) is 0 Å². The molecule has 3 nitrogen and oxygen atoms in total. The summed E-state index contributed by atoms with van der Waals surface area (Å²) in [7, 11) is 0. The maximum Gasteiger partial charge on any atom is 0.251 e. The molecule has 116 valence electrons. The van der Waals surface area contributed by atoms with E-state index in [4.69, 9.17) is 0 Å². The highest BCUT2D eigenvalue weighted by molar-refractivity contribution is 5.94. The second kappa shape index (κ2) is 6.19. The summed E-state index contributed by atoms with van der Waals surface area (Å²) in [6.45, 7) is 1.32. The average molecular weight is 309 g/mol. The predicted molar refractivity (Wildman–Crippen MR) is 74.7 cm³/mol. The molecule has 2 N–H and O–H groups in total. The van der Waals surface area contributed by atoms with Crippen LogP contribution in [0, 0.1) is 17.5 Å². The van der Waals surface area contributed by atoms with Crippen molar-refractivity contribution in [3.8, 4) is 0 Å². The molecule has 0 aliphatic rings. The van der Waals surface area contributed by atoms with Crippen molar-refractivity contribution in [3.63, 3.8) is 0 Å². The second-order valence-electron chi connectivity index (χ2n) is 5.08. The molecule has 0 radical (unpaired) electrons. The van der Waals surface area contributed by atoms with Gasteiger partial charge >= 0.3 is 0 Å². The Morgan fingerprint density at radius 1 is 1.14 bits per heavy atom. The van der Waals surface area contributed by atoms with Crippen LogP contribution in [0.4, 0.5) is 13.2 Å². The highest BCUT2D eigenvalue weighted by Crippen LogP contribution is 2.19. The average Bonchev–Trinajstić information content (AvgIpc) is 2.50. The molecule has 2 aromatic carbocycles. The third-order valence-corrected chi connectivity index (χ3v) is 3.23. The molecule has 0 aliphatic heterocycles. The van der Waals surface area contributed by atoms with Crippen LogP contribution in [0.3, 0.4) is 0 Å². The standard InChI is InChI=1S/C16H14F3NO2/c1-16(22,11-5-3-2-4-6-11)9-20-15(21)10-7-12(17)14(19)13(18)8-10/h2-8,22H,9H2,1H3,(H,20,21). The zero-order valence-corrected chi connectivity index (χ0v) is 11.7. The lowest BCUT2D eigenvalue weighted by Crippen LogP contribution is -2.38. The Hall–Kier alpha value is -2.34. The van der Waals surface area contributed by atoms with Gasteiger partial charge in [-0.1, -0.05) is 30.3 Å². The third-order valence-electron chi connectivity index (χ3n) is 3.23. The largest absolute Gasteiger partial charge is 0.384 e. The van der Waals surface area contributed by atoms with E-state index in [2.05, 4.69) is 5.32 Å². The first-order chi connectivity index (χ1) is 10.3. The first kappa shape index (κ1) is 16.0. The number of carbonyl (C=O) groups excluding carboxylic acids is 1. The van der Waals surface area contributed by atoms with Crippen molar-refractivity contribution in [1.82, 2.24) is 5.32 Å². The Bertz CT molecular complexity index is 664. The Morgan fingerprint density at radius 2 is 1.68 bits per heavy atom. The van der Waals surface area contributed by atoms with Crippen LogP contribution in [0.2, 0.25) is 0 Å². The maximum absolute atomic E-state index is 13.1. The summed E-state index contributed by atoms with van der Waals surface area (Å²) < 4.78 is 39.0. The summed E-state index contributed by atoms with van der Waals surface area (Å²) >= 11 is 0. The maximum atomic E-state index is 13.1. The lowest BCUT2D eigenvalue weighted by atomic mass is 9.96. The zero-order valence-electron chi connectivity index (χ0n) is 11.7. The van der Waals surface area contributed by atoms with Gasteiger partial charge in [0.2, 0.25) is 0 Å². The molecule has 0 saturated heterocycles. The van der Waals surface area contributed by atoms with Crippen molar-refractivity contribution < 1.29 is 23.1 Å². The summed E-state index contributed by atoms with van der Waals surface area (Å²) in [5, 5.41) is 12.7. The van der Waals surface area contributed by atoms with E-state index in [0.717, 1.165) is 0 Å². The Labute approximate surface area is 125 Å². The molecule has 0 aliphatic carbocycles. The summed E-state index contributed by atoms with van der Waals surface area (Å²) in [6.07, 6.45) is 0. The number of rotatable bonds is 4. The van der Waals surface area contributed by atoms with Gasteiger partial charge in [0.25, 0.3) is 5.91 Å². The normalized spacial score (nSPS) is 13.5. The van der Waals surface area contributed by atoms with Gasteiger partial charge < -0.3 is 10.4 Å². The van der Waals surface area contributed by atoms with Crippen LogP contribution in [0.1, 0.15) is 22.8 Å².